The highest BCUT2D eigenvalue weighted by molar-refractivity contribution is 7.80. The molecule has 104 valence electrons. The molecule has 0 saturated carbocycles. The van der Waals surface area contributed by atoms with Gasteiger partial charge in [-0.15, -0.1) is 0 Å². The highest BCUT2D eigenvalue weighted by Gasteiger charge is 2.33. The molecule has 2 rings (SSSR count). The Morgan fingerprint density at radius 3 is 2.70 bits per heavy atom. The number of hydrogen-bond donors (Lipinski definition) is 2. The Morgan fingerprint density at radius 2 is 2.05 bits per heavy atom. The molecule has 1 heterocycles. The van der Waals surface area contributed by atoms with E-state index in [4.69, 9.17) is 18.0 Å². The molecule has 0 aliphatic carbocycles. The number of amides is 3. The van der Waals surface area contributed by atoms with Crippen molar-refractivity contribution in [1.29, 1.82) is 0 Å². The number of hydrogen-bond acceptors (Lipinski definition) is 4. The monoisotopic (exact) mass is 291 g/mol. The molecule has 1 atom stereocenters. The first-order chi connectivity index (χ1) is 9.40. The van der Waals surface area contributed by atoms with Gasteiger partial charge in [-0.1, -0.05) is 24.4 Å². The summed E-state index contributed by atoms with van der Waals surface area (Å²) in [6.07, 6.45) is 0. The van der Waals surface area contributed by atoms with E-state index in [2.05, 4.69) is 5.32 Å². The fraction of sp³-hybridized carbons (Fsp3) is 0.231. The zero-order chi connectivity index (χ0) is 14.9. The van der Waals surface area contributed by atoms with Crippen LogP contribution in [0.1, 0.15) is 22.8 Å². The quantitative estimate of drug-likeness (QED) is 0.582. The number of imide groups is 1. The van der Waals surface area contributed by atoms with E-state index in [0.717, 1.165) is 0 Å². The third-order valence-corrected chi connectivity index (χ3v) is 3.31. The molecule has 1 aliphatic rings. The summed E-state index contributed by atoms with van der Waals surface area (Å²) in [5.41, 5.74) is 6.42. The molecule has 0 radical (unpaired) electrons. The van der Waals surface area contributed by atoms with E-state index in [1.807, 2.05) is 0 Å². The minimum Gasteiger partial charge on any atom is -0.389 e. The van der Waals surface area contributed by atoms with Crippen molar-refractivity contribution >= 4 is 34.9 Å². The van der Waals surface area contributed by atoms with E-state index in [9.17, 15) is 14.4 Å². The highest BCUT2D eigenvalue weighted by atomic mass is 32.1. The van der Waals surface area contributed by atoms with Gasteiger partial charge in [-0.2, -0.15) is 0 Å². The van der Waals surface area contributed by atoms with Crippen LogP contribution in [0.2, 0.25) is 0 Å². The summed E-state index contributed by atoms with van der Waals surface area (Å²) in [6.45, 7) is 1.42. The van der Waals surface area contributed by atoms with E-state index in [1.54, 1.807) is 31.2 Å². The van der Waals surface area contributed by atoms with Crippen LogP contribution in [0, 0.1) is 0 Å². The Bertz CT molecular complexity index is 615. The lowest BCUT2D eigenvalue weighted by molar-refractivity contribution is -0.138. The van der Waals surface area contributed by atoms with Crippen LogP contribution in [0.4, 0.5) is 0 Å². The van der Waals surface area contributed by atoms with Gasteiger partial charge in [0.1, 0.15) is 17.6 Å². The van der Waals surface area contributed by atoms with Crippen LogP contribution in [0.3, 0.4) is 0 Å². The van der Waals surface area contributed by atoms with Gasteiger partial charge in [0.2, 0.25) is 11.8 Å². The molecule has 6 nitrogen and oxygen atoms in total. The van der Waals surface area contributed by atoms with Crippen molar-refractivity contribution in [2.45, 2.75) is 13.0 Å². The third kappa shape index (κ3) is 2.67. The maximum Gasteiger partial charge on any atom is 0.255 e. The average molecular weight is 291 g/mol. The Hall–Kier alpha value is -2.28. The molecule has 1 aliphatic heterocycles. The van der Waals surface area contributed by atoms with Crippen molar-refractivity contribution in [3.05, 3.63) is 35.4 Å². The first-order valence-corrected chi connectivity index (χ1v) is 6.35. The standard InChI is InChI=1S/C13H13N3O3S/c1-7-12(18)15-10(17)6-16(7)13(19)9-4-2-3-8(5-9)11(14)20/h2-5,7H,6H2,1H3,(H2,14,20)(H,15,17,18). The van der Waals surface area contributed by atoms with Crippen LogP contribution < -0.4 is 11.1 Å². The van der Waals surface area contributed by atoms with Crippen molar-refractivity contribution in [1.82, 2.24) is 10.2 Å². The first kappa shape index (κ1) is 14.1. The summed E-state index contributed by atoms with van der Waals surface area (Å²) >= 11 is 4.86. The van der Waals surface area contributed by atoms with Gasteiger partial charge in [-0.3, -0.25) is 19.7 Å². The van der Waals surface area contributed by atoms with E-state index >= 15 is 0 Å². The highest BCUT2D eigenvalue weighted by Crippen LogP contribution is 2.13. The first-order valence-electron chi connectivity index (χ1n) is 5.94. The van der Waals surface area contributed by atoms with E-state index in [-0.39, 0.29) is 11.5 Å². The zero-order valence-electron chi connectivity index (χ0n) is 10.8. The lowest BCUT2D eigenvalue weighted by atomic mass is 10.1. The molecular weight excluding hydrogens is 278 g/mol. The van der Waals surface area contributed by atoms with Crippen molar-refractivity contribution in [2.24, 2.45) is 5.73 Å². The van der Waals surface area contributed by atoms with Crippen molar-refractivity contribution in [2.75, 3.05) is 6.54 Å². The van der Waals surface area contributed by atoms with E-state index < -0.39 is 23.8 Å². The van der Waals surface area contributed by atoms with Gasteiger partial charge in [-0.25, -0.2) is 0 Å². The number of rotatable bonds is 2. The number of nitrogens with two attached hydrogens (primary N) is 1. The maximum atomic E-state index is 12.4. The summed E-state index contributed by atoms with van der Waals surface area (Å²) < 4.78 is 0. The number of nitrogens with one attached hydrogen (secondary N) is 1. The van der Waals surface area contributed by atoms with Gasteiger partial charge in [0, 0.05) is 11.1 Å². The molecule has 1 aromatic carbocycles. The van der Waals surface area contributed by atoms with Gasteiger partial charge in [0.15, 0.2) is 0 Å². The van der Waals surface area contributed by atoms with Crippen molar-refractivity contribution in [3.63, 3.8) is 0 Å². The minimum absolute atomic E-state index is 0.150. The number of piperazine rings is 1. The smallest absolute Gasteiger partial charge is 0.255 e. The molecule has 7 heteroatoms. The number of nitrogens with zero attached hydrogens (tertiary/aromatic N) is 1. The number of benzene rings is 1. The van der Waals surface area contributed by atoms with Crippen molar-refractivity contribution in [3.8, 4) is 0 Å². The molecule has 20 heavy (non-hydrogen) atoms. The second-order valence-corrected chi connectivity index (χ2v) is 4.91. The predicted molar refractivity (Wildman–Crippen MR) is 76.0 cm³/mol. The molecule has 3 amide bonds. The van der Waals surface area contributed by atoms with Crippen LogP contribution in [0.5, 0.6) is 0 Å². The Morgan fingerprint density at radius 1 is 1.40 bits per heavy atom. The van der Waals surface area contributed by atoms with Gasteiger partial charge >= 0.3 is 0 Å². The second kappa shape index (κ2) is 5.38. The summed E-state index contributed by atoms with van der Waals surface area (Å²) in [5, 5.41) is 2.18. The lowest BCUT2D eigenvalue weighted by Crippen LogP contribution is -2.58. The van der Waals surface area contributed by atoms with Gasteiger partial charge in [-0.05, 0) is 19.1 Å². The van der Waals surface area contributed by atoms with Gasteiger partial charge < -0.3 is 10.6 Å². The molecule has 1 saturated heterocycles. The molecule has 1 unspecified atom stereocenters. The third-order valence-electron chi connectivity index (χ3n) is 3.08. The van der Waals surface area contributed by atoms with Crippen molar-refractivity contribution < 1.29 is 14.4 Å². The number of carbonyl (C=O) groups excluding carboxylic acids is 3. The molecule has 0 bridgehead atoms. The summed E-state index contributed by atoms with van der Waals surface area (Å²) in [4.78, 5) is 36.7. The van der Waals surface area contributed by atoms with Crippen LogP contribution in [-0.4, -0.2) is 40.2 Å². The SMILES string of the molecule is CC1C(=O)NC(=O)CN1C(=O)c1cccc(C(N)=S)c1. The normalized spacial score (nSPS) is 18.6. The molecular formula is C13H13N3O3S. The fourth-order valence-corrected chi connectivity index (χ4v) is 2.06. The van der Waals surface area contributed by atoms with Crippen LogP contribution >= 0.6 is 12.2 Å². The van der Waals surface area contributed by atoms with Gasteiger partial charge in [0.25, 0.3) is 5.91 Å². The van der Waals surface area contributed by atoms with Crippen LogP contribution in [-0.2, 0) is 9.59 Å². The molecule has 1 fully saturated rings. The summed E-state index contributed by atoms with van der Waals surface area (Å²) in [7, 11) is 0. The predicted octanol–water partition coefficient (Wildman–Crippen LogP) is -0.192. The lowest BCUT2D eigenvalue weighted by Gasteiger charge is -2.31. The number of thiocarbonyl (C=S) groups is 1. The number of carbonyl (C=O) groups is 3. The summed E-state index contributed by atoms with van der Waals surface area (Å²) in [5.74, 6) is -1.38. The zero-order valence-corrected chi connectivity index (χ0v) is 11.6. The maximum absolute atomic E-state index is 12.4. The van der Waals surface area contributed by atoms with E-state index in [1.165, 1.54) is 4.90 Å². The Labute approximate surface area is 120 Å². The topological polar surface area (TPSA) is 92.5 Å². The average Bonchev–Trinajstić information content (AvgIpc) is 2.42. The fourth-order valence-electron chi connectivity index (χ4n) is 1.93. The molecule has 0 spiro atoms. The largest absolute Gasteiger partial charge is 0.389 e. The van der Waals surface area contributed by atoms with Crippen LogP contribution in [0.15, 0.2) is 24.3 Å². The molecule has 1 aromatic rings. The second-order valence-electron chi connectivity index (χ2n) is 4.47. The van der Waals surface area contributed by atoms with Gasteiger partial charge in [0.05, 0.1) is 0 Å². The molecule has 0 aromatic heterocycles. The summed E-state index contributed by atoms with van der Waals surface area (Å²) in [6, 6.07) is 5.78. The minimum atomic E-state index is -0.700. The Kier molecular flexibility index (Phi) is 3.80. The van der Waals surface area contributed by atoms with E-state index in [0.29, 0.717) is 11.1 Å². The molecule has 3 N–H and O–H groups in total. The Balaban J connectivity index is 2.30. The van der Waals surface area contributed by atoms with Crippen LogP contribution in [0.25, 0.3) is 0 Å².